The van der Waals surface area contributed by atoms with Crippen molar-refractivity contribution in [2.45, 2.75) is 37.4 Å². The van der Waals surface area contributed by atoms with Crippen LogP contribution in [0.2, 0.25) is 0 Å². The zero-order valence-corrected chi connectivity index (χ0v) is 12.6. The van der Waals surface area contributed by atoms with E-state index in [9.17, 15) is 13.2 Å². The summed E-state index contributed by atoms with van der Waals surface area (Å²) in [5, 5.41) is -0.849. The number of halogens is 2. The van der Waals surface area contributed by atoms with E-state index in [1.807, 2.05) is 0 Å². The third-order valence-electron chi connectivity index (χ3n) is 2.74. The van der Waals surface area contributed by atoms with Gasteiger partial charge in [0.05, 0.1) is 7.11 Å². The second kappa shape index (κ2) is 6.20. The normalized spacial score (nSPS) is 27.1. The minimum absolute atomic E-state index is 0.346. The lowest BCUT2D eigenvalue weighted by Crippen LogP contribution is -2.21. The Kier molecular flexibility index (Phi) is 5.47. The van der Waals surface area contributed by atoms with Gasteiger partial charge < -0.3 is 4.74 Å². The molecule has 0 aromatic heterocycles. The van der Waals surface area contributed by atoms with Gasteiger partial charge in [-0.15, -0.1) is 0 Å². The highest BCUT2D eigenvalue weighted by Crippen LogP contribution is 2.33. The van der Waals surface area contributed by atoms with Gasteiger partial charge in [0, 0.05) is 20.7 Å². The van der Waals surface area contributed by atoms with Gasteiger partial charge in [-0.05, 0) is 19.3 Å². The third kappa shape index (κ3) is 3.96. The highest BCUT2D eigenvalue weighted by molar-refractivity contribution is 9.12. The van der Waals surface area contributed by atoms with Crippen LogP contribution >= 0.6 is 26.6 Å². The van der Waals surface area contributed by atoms with Crippen molar-refractivity contribution in [2.24, 2.45) is 0 Å². The molecule has 1 aliphatic rings. The summed E-state index contributed by atoms with van der Waals surface area (Å²) in [5.74, 6) is -0.496. The number of hydrogen-bond acceptors (Lipinski definition) is 4. The molecule has 0 amide bonds. The molecule has 4 nitrogen and oxygen atoms in total. The fourth-order valence-corrected chi connectivity index (χ4v) is 4.86. The predicted molar refractivity (Wildman–Crippen MR) is 69.6 cm³/mol. The molecule has 0 saturated carbocycles. The molecule has 0 aromatic carbocycles. The molecule has 1 aliphatic carbocycles. The first-order valence-corrected chi connectivity index (χ1v) is 8.44. The average Bonchev–Trinajstić information content (AvgIpc) is 2.21. The highest BCUT2D eigenvalue weighted by Gasteiger charge is 2.31. The van der Waals surface area contributed by atoms with Gasteiger partial charge in [-0.2, -0.15) is 0 Å². The van der Waals surface area contributed by atoms with E-state index in [4.69, 9.17) is 10.7 Å². The lowest BCUT2D eigenvalue weighted by Gasteiger charge is -2.19. The minimum Gasteiger partial charge on any atom is -0.466 e. The Morgan fingerprint density at radius 1 is 1.41 bits per heavy atom. The SMILES string of the molecule is COC(=O)/C1=C(\Br)[C@@H](S(=O)(=O)Cl)CCCCC1. The zero-order valence-electron chi connectivity index (χ0n) is 9.41. The van der Waals surface area contributed by atoms with Crippen LogP contribution in [0.15, 0.2) is 10.1 Å². The fraction of sp³-hybridized carbons (Fsp3) is 0.700. The summed E-state index contributed by atoms with van der Waals surface area (Å²) in [6, 6.07) is 0. The largest absolute Gasteiger partial charge is 0.466 e. The highest BCUT2D eigenvalue weighted by atomic mass is 79.9. The number of esters is 1. The lowest BCUT2D eigenvalue weighted by molar-refractivity contribution is -0.136. The van der Waals surface area contributed by atoms with E-state index in [0.29, 0.717) is 22.9 Å². The molecule has 0 spiro atoms. The summed E-state index contributed by atoms with van der Waals surface area (Å²) in [6.45, 7) is 0. The number of carbonyl (C=O) groups is 1. The number of rotatable bonds is 2. The summed E-state index contributed by atoms with van der Waals surface area (Å²) >= 11 is 3.20. The van der Waals surface area contributed by atoms with Crippen LogP contribution in [0, 0.1) is 0 Å². The molecule has 1 rings (SSSR count). The molecule has 7 heteroatoms. The summed E-state index contributed by atoms with van der Waals surface area (Å²) in [6.07, 6.45) is 3.43. The summed E-state index contributed by atoms with van der Waals surface area (Å²) in [4.78, 5) is 11.6. The van der Waals surface area contributed by atoms with E-state index in [2.05, 4.69) is 20.7 Å². The smallest absolute Gasteiger partial charge is 0.334 e. The van der Waals surface area contributed by atoms with E-state index in [1.165, 1.54) is 7.11 Å². The van der Waals surface area contributed by atoms with Crippen LogP contribution in [-0.2, 0) is 18.6 Å². The summed E-state index contributed by atoms with van der Waals surface area (Å²) in [5.41, 5.74) is 0.376. The molecule has 1 atom stereocenters. The summed E-state index contributed by atoms with van der Waals surface area (Å²) < 4.78 is 27.9. The molecule has 17 heavy (non-hydrogen) atoms. The summed E-state index contributed by atoms with van der Waals surface area (Å²) in [7, 11) is 2.95. The maximum Gasteiger partial charge on any atom is 0.334 e. The zero-order chi connectivity index (χ0) is 13.1. The molecule has 0 fully saturated rings. The van der Waals surface area contributed by atoms with Crippen molar-refractivity contribution in [3.63, 3.8) is 0 Å². The first kappa shape index (κ1) is 15.0. The Hall–Kier alpha value is -0.0700. The molecular weight excluding hydrogens is 332 g/mol. The standard InChI is InChI=1S/C10H14BrClO4S/c1-16-10(13)7-5-3-2-4-6-8(9(7)11)17(12,14)15/h8H,2-6H2,1H3/b9-7-/t8-/m0/s1. The van der Waals surface area contributed by atoms with Gasteiger partial charge in [0.15, 0.2) is 0 Å². The maximum atomic E-state index is 11.6. The molecule has 0 radical (unpaired) electrons. The maximum absolute atomic E-state index is 11.6. The Morgan fingerprint density at radius 3 is 2.59 bits per heavy atom. The Balaban J connectivity index is 3.19. The van der Waals surface area contributed by atoms with Gasteiger partial charge in [-0.1, -0.05) is 28.8 Å². The Labute approximate surface area is 114 Å². The number of carbonyl (C=O) groups excluding carboxylic acids is 1. The van der Waals surface area contributed by atoms with Crippen molar-refractivity contribution >= 4 is 41.6 Å². The first-order valence-electron chi connectivity index (χ1n) is 5.28. The van der Waals surface area contributed by atoms with Crippen molar-refractivity contribution in [3.05, 3.63) is 10.1 Å². The molecule has 0 aliphatic heterocycles. The van der Waals surface area contributed by atoms with E-state index >= 15 is 0 Å². The number of hydrogen-bond donors (Lipinski definition) is 0. The van der Waals surface area contributed by atoms with Crippen LogP contribution in [0.25, 0.3) is 0 Å². The topological polar surface area (TPSA) is 60.4 Å². The molecular formula is C10H14BrClO4S. The van der Waals surface area contributed by atoms with Crippen LogP contribution < -0.4 is 0 Å². The quantitative estimate of drug-likeness (QED) is 0.570. The van der Waals surface area contributed by atoms with E-state index in [1.54, 1.807) is 0 Å². The van der Waals surface area contributed by atoms with Crippen molar-refractivity contribution in [3.8, 4) is 0 Å². The number of ether oxygens (including phenoxy) is 1. The molecule has 0 unspecified atom stereocenters. The van der Waals surface area contributed by atoms with Crippen molar-refractivity contribution in [1.29, 1.82) is 0 Å². The minimum atomic E-state index is -3.73. The van der Waals surface area contributed by atoms with Gasteiger partial charge in [-0.3, -0.25) is 0 Å². The molecule has 0 saturated heterocycles. The monoisotopic (exact) mass is 344 g/mol. The lowest BCUT2D eigenvalue weighted by atomic mass is 10.00. The second-order valence-electron chi connectivity index (χ2n) is 3.88. The van der Waals surface area contributed by atoms with Gasteiger partial charge in [0.2, 0.25) is 9.05 Å². The molecule has 0 aromatic rings. The molecule has 0 heterocycles. The van der Waals surface area contributed by atoms with Crippen LogP contribution in [0.1, 0.15) is 32.1 Å². The van der Waals surface area contributed by atoms with Crippen LogP contribution in [0.5, 0.6) is 0 Å². The van der Waals surface area contributed by atoms with Crippen molar-refractivity contribution in [1.82, 2.24) is 0 Å². The van der Waals surface area contributed by atoms with E-state index in [0.717, 1.165) is 19.3 Å². The van der Waals surface area contributed by atoms with Crippen molar-refractivity contribution < 1.29 is 17.9 Å². The van der Waals surface area contributed by atoms with E-state index in [-0.39, 0.29) is 0 Å². The van der Waals surface area contributed by atoms with Crippen molar-refractivity contribution in [2.75, 3.05) is 7.11 Å². The van der Waals surface area contributed by atoms with Gasteiger partial charge in [0.1, 0.15) is 5.25 Å². The molecule has 98 valence electrons. The molecule has 0 bridgehead atoms. The van der Waals surface area contributed by atoms with E-state index < -0.39 is 20.3 Å². The van der Waals surface area contributed by atoms with Crippen LogP contribution in [0.4, 0.5) is 0 Å². The first-order chi connectivity index (χ1) is 7.88. The molecule has 0 N–H and O–H groups in total. The van der Waals surface area contributed by atoms with Gasteiger partial charge in [-0.25, -0.2) is 13.2 Å². The fourth-order valence-electron chi connectivity index (χ4n) is 1.84. The third-order valence-corrected chi connectivity index (χ3v) is 5.87. The van der Waals surface area contributed by atoms with Gasteiger partial charge in [0.25, 0.3) is 0 Å². The van der Waals surface area contributed by atoms with Gasteiger partial charge >= 0.3 is 5.97 Å². The predicted octanol–water partition coefficient (Wildman–Crippen LogP) is 2.71. The van der Waals surface area contributed by atoms with Crippen LogP contribution in [0.3, 0.4) is 0 Å². The Morgan fingerprint density at radius 2 is 2.06 bits per heavy atom. The Bertz CT molecular complexity index is 430. The second-order valence-corrected chi connectivity index (χ2v) is 7.55. The van der Waals surface area contributed by atoms with Crippen LogP contribution in [-0.4, -0.2) is 26.7 Å². The number of methoxy groups -OCH3 is 1. The average molecular weight is 346 g/mol.